The van der Waals surface area contributed by atoms with E-state index in [4.69, 9.17) is 10.6 Å². The number of carbonyl (C=O) groups is 2. The lowest BCUT2D eigenvalue weighted by Gasteiger charge is -2.31. The molecule has 0 unspecified atom stereocenters. The number of aryl methyl sites for hydroxylation is 2. The summed E-state index contributed by atoms with van der Waals surface area (Å²) in [7, 11) is 0. The fraction of sp³-hybridized carbons (Fsp3) is 0.522. The first kappa shape index (κ1) is 21.0. The van der Waals surface area contributed by atoms with Gasteiger partial charge < -0.3 is 5.73 Å². The molecule has 6 nitrogen and oxygen atoms in total. The summed E-state index contributed by atoms with van der Waals surface area (Å²) in [6.07, 6.45) is 5.48. The summed E-state index contributed by atoms with van der Waals surface area (Å²) < 4.78 is 0. The average Bonchev–Trinajstić information content (AvgIpc) is 3.38. The van der Waals surface area contributed by atoms with Crippen molar-refractivity contribution < 1.29 is 14.4 Å². The van der Waals surface area contributed by atoms with Gasteiger partial charge in [0.15, 0.2) is 0 Å². The van der Waals surface area contributed by atoms with Gasteiger partial charge in [-0.3, -0.25) is 14.4 Å². The molecular formula is C23H29N3O3S. The molecule has 2 N–H and O–H groups in total. The van der Waals surface area contributed by atoms with Gasteiger partial charge in [-0.15, -0.1) is 11.3 Å². The molecule has 7 heteroatoms. The number of hydrogen-bond donors (Lipinski definition) is 1. The zero-order valence-electron chi connectivity index (χ0n) is 17.6. The molecule has 2 amide bonds. The molecule has 2 aromatic rings. The van der Waals surface area contributed by atoms with Gasteiger partial charge in [-0.1, -0.05) is 12.1 Å². The number of nitrogens with two attached hydrogens (primary N) is 1. The summed E-state index contributed by atoms with van der Waals surface area (Å²) in [5.41, 5.74) is 9.09. The Labute approximate surface area is 181 Å². The van der Waals surface area contributed by atoms with Crippen LogP contribution in [0.15, 0.2) is 23.6 Å². The highest BCUT2D eigenvalue weighted by atomic mass is 32.1. The Morgan fingerprint density at radius 2 is 1.97 bits per heavy atom. The van der Waals surface area contributed by atoms with Gasteiger partial charge in [0, 0.05) is 23.3 Å². The van der Waals surface area contributed by atoms with Crippen molar-refractivity contribution in [2.45, 2.75) is 58.4 Å². The van der Waals surface area contributed by atoms with Crippen LogP contribution in [0.1, 0.15) is 70.3 Å². The van der Waals surface area contributed by atoms with E-state index in [9.17, 15) is 9.59 Å². The van der Waals surface area contributed by atoms with Crippen molar-refractivity contribution in [1.29, 1.82) is 0 Å². The maximum Gasteiger partial charge on any atom is 0.249 e. The number of amides is 2. The lowest BCUT2D eigenvalue weighted by atomic mass is 9.78. The lowest BCUT2D eigenvalue weighted by Crippen LogP contribution is -2.37. The number of thiazole rings is 1. The third-order valence-electron chi connectivity index (χ3n) is 6.39. The molecule has 1 aromatic heterocycles. The standard InChI is InChI=1S/C23H29N3O3S/c1-14-3-4-17(12-19(14)22(24)27)11-16-5-7-18(8-6-16)23(28)26-21(9-10-29-26)20-13-30-15(2)25-20/h3-4,12-13,16,18,21H,5-11H2,1-2H3,(H2,24,27)/t16-,18-,21-/m0/s1. The van der Waals surface area contributed by atoms with E-state index >= 15 is 0 Å². The van der Waals surface area contributed by atoms with E-state index in [-0.39, 0.29) is 23.8 Å². The third kappa shape index (κ3) is 4.42. The smallest absolute Gasteiger partial charge is 0.249 e. The summed E-state index contributed by atoms with van der Waals surface area (Å²) in [4.78, 5) is 35.0. The zero-order chi connectivity index (χ0) is 21.3. The quantitative estimate of drug-likeness (QED) is 0.778. The fourth-order valence-corrected chi connectivity index (χ4v) is 5.34. The summed E-state index contributed by atoms with van der Waals surface area (Å²) in [6, 6.07) is 5.92. The molecule has 0 bridgehead atoms. The minimum absolute atomic E-state index is 0.0146. The summed E-state index contributed by atoms with van der Waals surface area (Å²) in [6.45, 7) is 4.46. The minimum atomic E-state index is -0.376. The molecule has 160 valence electrons. The number of primary amides is 1. The van der Waals surface area contributed by atoms with Crippen LogP contribution in [0.2, 0.25) is 0 Å². The first-order chi connectivity index (χ1) is 14.4. The number of rotatable bonds is 5. The van der Waals surface area contributed by atoms with Crippen LogP contribution in [0, 0.1) is 25.7 Å². The van der Waals surface area contributed by atoms with E-state index in [0.717, 1.165) is 60.4 Å². The summed E-state index contributed by atoms with van der Waals surface area (Å²) in [5, 5.41) is 4.65. The third-order valence-corrected chi connectivity index (χ3v) is 7.18. The van der Waals surface area contributed by atoms with Crippen LogP contribution < -0.4 is 5.73 Å². The molecule has 0 radical (unpaired) electrons. The SMILES string of the molecule is Cc1nc([C@@H]2CCON2C(=O)[C@H]2CC[C@H](Cc3ccc(C)c(C(N)=O)c3)CC2)cs1. The minimum Gasteiger partial charge on any atom is -0.366 e. The number of benzene rings is 1. The molecule has 1 atom stereocenters. The van der Waals surface area contributed by atoms with Crippen molar-refractivity contribution in [2.24, 2.45) is 17.6 Å². The molecule has 1 saturated heterocycles. The highest BCUT2D eigenvalue weighted by Crippen LogP contribution is 2.37. The van der Waals surface area contributed by atoms with E-state index in [0.29, 0.717) is 18.1 Å². The van der Waals surface area contributed by atoms with Crippen molar-refractivity contribution in [2.75, 3.05) is 6.61 Å². The summed E-state index contributed by atoms with van der Waals surface area (Å²) in [5.74, 6) is 0.266. The van der Waals surface area contributed by atoms with Crippen molar-refractivity contribution in [3.05, 3.63) is 51.0 Å². The van der Waals surface area contributed by atoms with Crippen LogP contribution in [0.5, 0.6) is 0 Å². The van der Waals surface area contributed by atoms with Crippen LogP contribution in [0.4, 0.5) is 0 Å². The van der Waals surface area contributed by atoms with Gasteiger partial charge in [-0.25, -0.2) is 10.0 Å². The van der Waals surface area contributed by atoms with Crippen molar-refractivity contribution in [3.63, 3.8) is 0 Å². The Kier molecular flexibility index (Phi) is 6.20. The second-order valence-corrected chi connectivity index (χ2v) is 9.59. The molecule has 2 heterocycles. The average molecular weight is 428 g/mol. The highest BCUT2D eigenvalue weighted by molar-refractivity contribution is 7.09. The van der Waals surface area contributed by atoms with Gasteiger partial charge in [0.1, 0.15) is 6.04 Å². The van der Waals surface area contributed by atoms with Crippen LogP contribution >= 0.6 is 11.3 Å². The number of hydroxylamine groups is 2. The van der Waals surface area contributed by atoms with Gasteiger partial charge in [-0.05, 0) is 69.1 Å². The molecule has 2 aliphatic rings. The predicted octanol–water partition coefficient (Wildman–Crippen LogP) is 4.11. The topological polar surface area (TPSA) is 85.5 Å². The molecule has 1 saturated carbocycles. The second-order valence-electron chi connectivity index (χ2n) is 8.53. The Morgan fingerprint density at radius 1 is 1.20 bits per heavy atom. The van der Waals surface area contributed by atoms with E-state index in [1.165, 1.54) is 0 Å². The molecule has 1 aliphatic heterocycles. The fourth-order valence-electron chi connectivity index (χ4n) is 4.68. The molecule has 0 spiro atoms. The molecular weight excluding hydrogens is 398 g/mol. The largest absolute Gasteiger partial charge is 0.366 e. The predicted molar refractivity (Wildman–Crippen MR) is 116 cm³/mol. The Hall–Kier alpha value is -2.25. The van der Waals surface area contributed by atoms with Crippen LogP contribution in [0.25, 0.3) is 0 Å². The van der Waals surface area contributed by atoms with Crippen molar-refractivity contribution in [1.82, 2.24) is 10.0 Å². The van der Waals surface area contributed by atoms with Crippen LogP contribution in [-0.2, 0) is 16.1 Å². The Morgan fingerprint density at radius 3 is 2.63 bits per heavy atom. The molecule has 30 heavy (non-hydrogen) atoms. The van der Waals surface area contributed by atoms with Crippen LogP contribution in [-0.4, -0.2) is 28.5 Å². The first-order valence-corrected chi connectivity index (χ1v) is 11.6. The highest BCUT2D eigenvalue weighted by Gasteiger charge is 2.38. The maximum atomic E-state index is 13.1. The van der Waals surface area contributed by atoms with Gasteiger partial charge in [0.2, 0.25) is 11.8 Å². The van der Waals surface area contributed by atoms with E-state index in [1.54, 1.807) is 16.4 Å². The maximum absolute atomic E-state index is 13.1. The Balaban J connectivity index is 1.35. The van der Waals surface area contributed by atoms with Crippen LogP contribution in [0.3, 0.4) is 0 Å². The lowest BCUT2D eigenvalue weighted by molar-refractivity contribution is -0.183. The number of aromatic nitrogens is 1. The Bertz CT molecular complexity index is 934. The van der Waals surface area contributed by atoms with Gasteiger partial charge in [-0.2, -0.15) is 0 Å². The zero-order valence-corrected chi connectivity index (χ0v) is 18.4. The van der Waals surface area contributed by atoms with Crippen molar-refractivity contribution >= 4 is 23.2 Å². The van der Waals surface area contributed by atoms with Gasteiger partial charge in [0.25, 0.3) is 0 Å². The molecule has 1 aromatic carbocycles. The molecule has 4 rings (SSSR count). The molecule has 1 aliphatic carbocycles. The van der Waals surface area contributed by atoms with Gasteiger partial charge >= 0.3 is 0 Å². The van der Waals surface area contributed by atoms with Crippen molar-refractivity contribution in [3.8, 4) is 0 Å². The second kappa shape index (κ2) is 8.86. The molecule has 2 fully saturated rings. The summed E-state index contributed by atoms with van der Waals surface area (Å²) >= 11 is 1.61. The normalized spacial score (nSPS) is 24.2. The number of hydrogen-bond acceptors (Lipinski definition) is 5. The number of carbonyl (C=O) groups excluding carboxylic acids is 2. The van der Waals surface area contributed by atoms with E-state index in [1.807, 2.05) is 31.4 Å². The van der Waals surface area contributed by atoms with E-state index < -0.39 is 0 Å². The van der Waals surface area contributed by atoms with Gasteiger partial charge in [0.05, 0.1) is 17.3 Å². The van der Waals surface area contributed by atoms with E-state index in [2.05, 4.69) is 11.1 Å². The number of nitrogens with zero attached hydrogens (tertiary/aromatic N) is 2. The first-order valence-electron chi connectivity index (χ1n) is 10.7. The monoisotopic (exact) mass is 427 g/mol.